The number of rotatable bonds is 5. The van der Waals surface area contributed by atoms with E-state index in [1.807, 2.05) is 0 Å². The first kappa shape index (κ1) is 15.7. The van der Waals surface area contributed by atoms with Crippen LogP contribution in [0.2, 0.25) is 0 Å². The lowest BCUT2D eigenvalue weighted by Gasteiger charge is -2.14. The molecule has 7 heteroatoms. The summed E-state index contributed by atoms with van der Waals surface area (Å²) >= 11 is 0. The molecule has 0 aliphatic rings. The van der Waals surface area contributed by atoms with Gasteiger partial charge in [0.05, 0.1) is 19.8 Å². The summed E-state index contributed by atoms with van der Waals surface area (Å²) in [6, 6.07) is 2.90. The minimum Gasteiger partial charge on any atom is -0.496 e. The van der Waals surface area contributed by atoms with Gasteiger partial charge in [-0.15, -0.1) is 12.4 Å². The Morgan fingerprint density at radius 3 is 2.18 bits per heavy atom. The number of nitrogens with two attached hydrogens (primary N) is 1. The van der Waals surface area contributed by atoms with Crippen LogP contribution in [-0.2, 0) is 6.54 Å². The van der Waals surface area contributed by atoms with Gasteiger partial charge in [0.25, 0.3) is 0 Å². The largest absolute Gasteiger partial charge is 0.496 e. The molecule has 1 aromatic carbocycles. The summed E-state index contributed by atoms with van der Waals surface area (Å²) in [5.41, 5.74) is 5.83. The smallest absolute Gasteiger partial charge is 0.387 e. The molecule has 0 aliphatic heterocycles. The summed E-state index contributed by atoms with van der Waals surface area (Å²) in [6.45, 7) is -2.88. The van der Waals surface area contributed by atoms with Crippen molar-refractivity contribution in [2.45, 2.75) is 13.2 Å². The molecule has 17 heavy (non-hydrogen) atoms. The van der Waals surface area contributed by atoms with E-state index in [0.29, 0.717) is 17.1 Å². The van der Waals surface area contributed by atoms with Gasteiger partial charge in [-0.2, -0.15) is 8.78 Å². The van der Waals surface area contributed by atoms with Crippen LogP contribution in [0, 0.1) is 0 Å². The first-order chi connectivity index (χ1) is 7.62. The van der Waals surface area contributed by atoms with E-state index in [1.165, 1.54) is 20.3 Å². The Kier molecular flexibility index (Phi) is 6.60. The second kappa shape index (κ2) is 7.13. The minimum atomic E-state index is -2.91. The van der Waals surface area contributed by atoms with Crippen LogP contribution in [0.5, 0.6) is 17.2 Å². The molecule has 0 aromatic heterocycles. The molecule has 0 amide bonds. The number of ether oxygens (including phenoxy) is 3. The van der Waals surface area contributed by atoms with Crippen molar-refractivity contribution in [3.63, 3.8) is 0 Å². The molecule has 1 rings (SSSR count). The molecule has 0 spiro atoms. The quantitative estimate of drug-likeness (QED) is 0.890. The maximum Gasteiger partial charge on any atom is 0.387 e. The molecule has 0 aliphatic carbocycles. The van der Waals surface area contributed by atoms with Crippen LogP contribution in [-0.4, -0.2) is 20.8 Å². The molecule has 98 valence electrons. The standard InChI is InChI=1S/C10H13F2NO3.ClH/c1-14-6-3-8(15-2)7(5-13)9(4-6)16-10(11)12;/h3-4,10H,5,13H2,1-2H3;1H. The van der Waals surface area contributed by atoms with Crippen molar-refractivity contribution in [2.24, 2.45) is 5.73 Å². The number of methoxy groups -OCH3 is 2. The first-order valence-electron chi connectivity index (χ1n) is 4.52. The van der Waals surface area contributed by atoms with Crippen molar-refractivity contribution in [3.05, 3.63) is 17.7 Å². The molecule has 0 atom stereocenters. The fraction of sp³-hybridized carbons (Fsp3) is 0.400. The predicted octanol–water partition coefficient (Wildman–Crippen LogP) is 2.19. The Morgan fingerprint density at radius 1 is 1.18 bits per heavy atom. The molecule has 0 fully saturated rings. The zero-order valence-electron chi connectivity index (χ0n) is 9.41. The summed E-state index contributed by atoms with van der Waals surface area (Å²) in [4.78, 5) is 0. The Bertz CT molecular complexity index is 364. The third-order valence-electron chi connectivity index (χ3n) is 2.02. The second-order valence-electron chi connectivity index (χ2n) is 2.89. The van der Waals surface area contributed by atoms with Gasteiger partial charge < -0.3 is 19.9 Å². The molecule has 0 saturated carbocycles. The van der Waals surface area contributed by atoms with E-state index in [-0.39, 0.29) is 24.7 Å². The van der Waals surface area contributed by atoms with Crippen LogP contribution >= 0.6 is 12.4 Å². The highest BCUT2D eigenvalue weighted by molar-refractivity contribution is 5.85. The topological polar surface area (TPSA) is 53.7 Å². The van der Waals surface area contributed by atoms with Gasteiger partial charge in [0.2, 0.25) is 0 Å². The fourth-order valence-corrected chi connectivity index (χ4v) is 1.30. The average molecular weight is 270 g/mol. The number of hydrogen-bond donors (Lipinski definition) is 1. The van der Waals surface area contributed by atoms with E-state index >= 15 is 0 Å². The Hall–Kier alpha value is -1.27. The van der Waals surface area contributed by atoms with Gasteiger partial charge >= 0.3 is 6.61 Å². The number of benzene rings is 1. The van der Waals surface area contributed by atoms with Gasteiger partial charge in [-0.1, -0.05) is 0 Å². The van der Waals surface area contributed by atoms with Crippen LogP contribution in [0.15, 0.2) is 12.1 Å². The molecule has 1 aromatic rings. The second-order valence-corrected chi connectivity index (χ2v) is 2.89. The Balaban J connectivity index is 0.00000256. The maximum atomic E-state index is 12.2. The highest BCUT2D eigenvalue weighted by atomic mass is 35.5. The van der Waals surface area contributed by atoms with Gasteiger partial charge in [-0.25, -0.2) is 0 Å². The number of alkyl halides is 2. The van der Waals surface area contributed by atoms with Crippen LogP contribution in [0.25, 0.3) is 0 Å². The first-order valence-corrected chi connectivity index (χ1v) is 4.52. The lowest BCUT2D eigenvalue weighted by atomic mass is 10.1. The zero-order valence-corrected chi connectivity index (χ0v) is 10.2. The average Bonchev–Trinajstić information content (AvgIpc) is 2.27. The maximum absolute atomic E-state index is 12.2. The van der Waals surface area contributed by atoms with Crippen molar-refractivity contribution in [1.29, 1.82) is 0 Å². The summed E-state index contributed by atoms with van der Waals surface area (Å²) in [6.07, 6.45) is 0. The Morgan fingerprint density at radius 2 is 1.76 bits per heavy atom. The van der Waals surface area contributed by atoms with Crippen molar-refractivity contribution < 1.29 is 23.0 Å². The van der Waals surface area contributed by atoms with Gasteiger partial charge in [-0.3, -0.25) is 0 Å². The fourth-order valence-electron chi connectivity index (χ4n) is 1.30. The summed E-state index contributed by atoms with van der Waals surface area (Å²) in [5.74, 6) is 0.691. The van der Waals surface area contributed by atoms with Gasteiger partial charge in [0.15, 0.2) is 0 Å². The molecule has 0 saturated heterocycles. The van der Waals surface area contributed by atoms with E-state index in [4.69, 9.17) is 15.2 Å². The SMILES string of the molecule is COc1cc(OC)c(CN)c(OC(F)F)c1.Cl. The van der Waals surface area contributed by atoms with Crippen molar-refractivity contribution in [3.8, 4) is 17.2 Å². The molecule has 0 unspecified atom stereocenters. The molecular weight excluding hydrogens is 256 g/mol. The third-order valence-corrected chi connectivity index (χ3v) is 2.02. The molecule has 4 nitrogen and oxygen atoms in total. The van der Waals surface area contributed by atoms with E-state index in [2.05, 4.69) is 4.74 Å². The van der Waals surface area contributed by atoms with Crippen LogP contribution in [0.4, 0.5) is 8.78 Å². The van der Waals surface area contributed by atoms with Crippen molar-refractivity contribution in [1.82, 2.24) is 0 Å². The third kappa shape index (κ3) is 3.90. The predicted molar refractivity (Wildman–Crippen MR) is 61.3 cm³/mol. The summed E-state index contributed by atoms with van der Waals surface area (Å²) in [5, 5.41) is 0. The summed E-state index contributed by atoms with van der Waals surface area (Å²) in [7, 11) is 2.84. The molecule has 0 bridgehead atoms. The van der Waals surface area contributed by atoms with E-state index in [9.17, 15) is 8.78 Å². The van der Waals surface area contributed by atoms with E-state index < -0.39 is 6.61 Å². The number of hydrogen-bond acceptors (Lipinski definition) is 4. The highest BCUT2D eigenvalue weighted by Crippen LogP contribution is 2.34. The van der Waals surface area contributed by atoms with Crippen LogP contribution in [0.1, 0.15) is 5.56 Å². The van der Waals surface area contributed by atoms with Gasteiger partial charge in [0.1, 0.15) is 17.2 Å². The normalized spacial score (nSPS) is 9.76. The van der Waals surface area contributed by atoms with Crippen molar-refractivity contribution >= 4 is 12.4 Å². The monoisotopic (exact) mass is 269 g/mol. The van der Waals surface area contributed by atoms with Gasteiger partial charge in [0, 0.05) is 18.7 Å². The van der Waals surface area contributed by atoms with Gasteiger partial charge in [-0.05, 0) is 0 Å². The lowest BCUT2D eigenvalue weighted by molar-refractivity contribution is -0.0506. The lowest BCUT2D eigenvalue weighted by Crippen LogP contribution is -2.08. The zero-order chi connectivity index (χ0) is 12.1. The number of halogens is 3. The molecule has 2 N–H and O–H groups in total. The molecule has 0 heterocycles. The minimum absolute atomic E-state index is 0. The Labute approximate surface area is 104 Å². The van der Waals surface area contributed by atoms with E-state index in [1.54, 1.807) is 6.07 Å². The highest BCUT2D eigenvalue weighted by Gasteiger charge is 2.15. The summed E-state index contributed by atoms with van der Waals surface area (Å²) < 4.78 is 38.6. The van der Waals surface area contributed by atoms with Crippen molar-refractivity contribution in [2.75, 3.05) is 14.2 Å². The van der Waals surface area contributed by atoms with Crippen LogP contribution in [0.3, 0.4) is 0 Å². The molecule has 0 radical (unpaired) electrons. The van der Waals surface area contributed by atoms with Crippen LogP contribution < -0.4 is 19.9 Å². The molecular formula is C10H14ClF2NO3. The van der Waals surface area contributed by atoms with E-state index in [0.717, 1.165) is 0 Å².